The zero-order valence-corrected chi connectivity index (χ0v) is 12.3. The summed E-state index contributed by atoms with van der Waals surface area (Å²) in [6, 6.07) is 0.633. The van der Waals surface area contributed by atoms with Gasteiger partial charge >= 0.3 is 0 Å². The lowest BCUT2D eigenvalue weighted by Crippen LogP contribution is -2.42. The highest BCUT2D eigenvalue weighted by molar-refractivity contribution is 8.13. The second kappa shape index (κ2) is 5.64. The van der Waals surface area contributed by atoms with Crippen molar-refractivity contribution in [2.75, 3.05) is 12.3 Å². The average molecular weight is 254 g/mol. The van der Waals surface area contributed by atoms with Crippen molar-refractivity contribution in [1.82, 2.24) is 5.32 Å². The minimum absolute atomic E-state index is 0.556. The highest BCUT2D eigenvalue weighted by atomic mass is 32.2. The Morgan fingerprint density at radius 2 is 2.24 bits per heavy atom. The van der Waals surface area contributed by atoms with E-state index in [9.17, 15) is 0 Å². The highest BCUT2D eigenvalue weighted by Gasteiger charge is 2.35. The van der Waals surface area contributed by atoms with Gasteiger partial charge in [0.2, 0.25) is 0 Å². The van der Waals surface area contributed by atoms with Crippen LogP contribution >= 0.6 is 11.8 Å². The van der Waals surface area contributed by atoms with Gasteiger partial charge in [-0.05, 0) is 37.0 Å². The molecule has 0 bridgehead atoms. The molecule has 0 aromatic carbocycles. The van der Waals surface area contributed by atoms with Crippen LogP contribution in [0, 0.1) is 11.3 Å². The number of nitrogens with one attached hydrogen (secondary N) is 1. The Bertz CT molecular complexity index is 276. The van der Waals surface area contributed by atoms with Crippen LogP contribution < -0.4 is 5.32 Å². The maximum absolute atomic E-state index is 4.85. The summed E-state index contributed by atoms with van der Waals surface area (Å²) in [6.45, 7) is 7.96. The molecule has 1 aliphatic carbocycles. The van der Waals surface area contributed by atoms with Crippen molar-refractivity contribution >= 4 is 16.9 Å². The normalized spacial score (nSPS) is 30.1. The van der Waals surface area contributed by atoms with Crippen LogP contribution in [0.1, 0.15) is 52.9 Å². The van der Waals surface area contributed by atoms with Gasteiger partial charge in [-0.25, -0.2) is 0 Å². The first kappa shape index (κ1) is 13.3. The Morgan fingerprint density at radius 1 is 1.47 bits per heavy atom. The second-order valence-corrected chi connectivity index (χ2v) is 7.04. The molecular formula is C14H26N2S. The number of amidine groups is 1. The van der Waals surface area contributed by atoms with E-state index >= 15 is 0 Å². The van der Waals surface area contributed by atoms with Crippen LogP contribution in [0.15, 0.2) is 4.99 Å². The number of rotatable bonds is 4. The van der Waals surface area contributed by atoms with Crippen molar-refractivity contribution < 1.29 is 0 Å². The molecule has 1 saturated carbocycles. The predicted octanol–water partition coefficient (Wildman–Crippen LogP) is 3.67. The molecule has 0 amide bonds. The van der Waals surface area contributed by atoms with Crippen LogP contribution in [0.2, 0.25) is 0 Å². The third-order valence-electron chi connectivity index (χ3n) is 4.50. The van der Waals surface area contributed by atoms with E-state index in [-0.39, 0.29) is 0 Å². The molecule has 1 N–H and O–H groups in total. The smallest absolute Gasteiger partial charge is 0.156 e. The molecule has 0 spiro atoms. The minimum Gasteiger partial charge on any atom is -0.362 e. The summed E-state index contributed by atoms with van der Waals surface area (Å²) in [5, 5.41) is 4.81. The Kier molecular flexibility index (Phi) is 4.40. The third kappa shape index (κ3) is 3.18. The molecular weight excluding hydrogens is 228 g/mol. The molecule has 17 heavy (non-hydrogen) atoms. The van der Waals surface area contributed by atoms with E-state index in [1.54, 1.807) is 0 Å². The van der Waals surface area contributed by atoms with Crippen LogP contribution in [0.5, 0.6) is 0 Å². The topological polar surface area (TPSA) is 24.4 Å². The fourth-order valence-electron chi connectivity index (χ4n) is 2.69. The van der Waals surface area contributed by atoms with Crippen LogP contribution in [0.3, 0.4) is 0 Å². The van der Waals surface area contributed by atoms with Gasteiger partial charge in [0.05, 0.1) is 0 Å². The molecule has 3 heteroatoms. The zero-order chi connectivity index (χ0) is 12.3. The first-order chi connectivity index (χ1) is 8.15. The summed E-state index contributed by atoms with van der Waals surface area (Å²) in [5.41, 5.74) is 0.556. The van der Waals surface area contributed by atoms with Crippen molar-refractivity contribution in [2.24, 2.45) is 16.3 Å². The van der Waals surface area contributed by atoms with Gasteiger partial charge < -0.3 is 5.32 Å². The summed E-state index contributed by atoms with van der Waals surface area (Å²) in [7, 11) is 0. The van der Waals surface area contributed by atoms with E-state index < -0.39 is 0 Å². The summed E-state index contributed by atoms with van der Waals surface area (Å²) < 4.78 is 0. The lowest BCUT2D eigenvalue weighted by Gasteiger charge is -2.40. The number of hydrogen-bond acceptors (Lipinski definition) is 2. The fourth-order valence-corrected chi connectivity index (χ4v) is 3.64. The van der Waals surface area contributed by atoms with Crippen molar-refractivity contribution in [1.29, 1.82) is 0 Å². The summed E-state index contributed by atoms with van der Waals surface area (Å²) >= 11 is 1.91. The quantitative estimate of drug-likeness (QED) is 0.827. The van der Waals surface area contributed by atoms with Crippen molar-refractivity contribution in [3.8, 4) is 0 Å². The van der Waals surface area contributed by atoms with E-state index in [0.29, 0.717) is 17.4 Å². The van der Waals surface area contributed by atoms with Gasteiger partial charge in [-0.3, -0.25) is 4.99 Å². The Labute approximate surface area is 110 Å². The molecule has 1 atom stereocenters. The standard InChI is InChI=1S/C14H26N2S/c1-4-14(7-5-8-14)10-15-13-16-12(11(2)3)6-9-17-13/h11-12H,4-10H2,1-3H3,(H,15,16). The lowest BCUT2D eigenvalue weighted by molar-refractivity contribution is 0.139. The molecule has 0 aromatic heterocycles. The van der Waals surface area contributed by atoms with E-state index in [4.69, 9.17) is 4.99 Å². The van der Waals surface area contributed by atoms with Gasteiger partial charge in [-0.15, -0.1) is 0 Å². The number of aliphatic imine (C=N–C) groups is 1. The van der Waals surface area contributed by atoms with Gasteiger partial charge in [-0.1, -0.05) is 39.0 Å². The predicted molar refractivity (Wildman–Crippen MR) is 77.7 cm³/mol. The summed E-state index contributed by atoms with van der Waals surface area (Å²) in [5.74, 6) is 1.94. The molecule has 1 saturated heterocycles. The first-order valence-corrected chi connectivity index (χ1v) is 8.07. The molecule has 0 aromatic rings. The molecule has 2 nitrogen and oxygen atoms in total. The molecule has 1 aliphatic heterocycles. The third-order valence-corrected chi connectivity index (χ3v) is 5.46. The van der Waals surface area contributed by atoms with Crippen LogP contribution in [0.4, 0.5) is 0 Å². The molecule has 2 rings (SSSR count). The Morgan fingerprint density at radius 3 is 2.76 bits per heavy atom. The van der Waals surface area contributed by atoms with Crippen LogP contribution in [-0.2, 0) is 0 Å². The number of thioether (sulfide) groups is 1. The van der Waals surface area contributed by atoms with E-state index in [1.807, 2.05) is 11.8 Å². The molecule has 0 radical (unpaired) electrons. The number of hydrogen-bond donors (Lipinski definition) is 1. The van der Waals surface area contributed by atoms with Gasteiger partial charge in [0.15, 0.2) is 5.17 Å². The first-order valence-electron chi connectivity index (χ1n) is 7.09. The van der Waals surface area contributed by atoms with Crippen molar-refractivity contribution in [3.63, 3.8) is 0 Å². The fraction of sp³-hybridized carbons (Fsp3) is 0.929. The highest BCUT2D eigenvalue weighted by Crippen LogP contribution is 2.44. The van der Waals surface area contributed by atoms with E-state index in [2.05, 4.69) is 26.1 Å². The van der Waals surface area contributed by atoms with Gasteiger partial charge in [0.1, 0.15) is 0 Å². The zero-order valence-electron chi connectivity index (χ0n) is 11.5. The van der Waals surface area contributed by atoms with E-state index in [0.717, 1.165) is 6.54 Å². The van der Waals surface area contributed by atoms with Crippen molar-refractivity contribution in [2.45, 2.75) is 58.9 Å². The Hall–Kier alpha value is -0.180. The largest absolute Gasteiger partial charge is 0.362 e. The summed E-state index contributed by atoms with van der Waals surface area (Å²) in [6.07, 6.45) is 6.76. The molecule has 2 fully saturated rings. The number of nitrogens with zero attached hydrogens (tertiary/aromatic N) is 1. The minimum atomic E-state index is 0.556. The maximum Gasteiger partial charge on any atom is 0.156 e. The average Bonchev–Trinajstić information content (AvgIpc) is 2.28. The van der Waals surface area contributed by atoms with Gasteiger partial charge in [0, 0.05) is 18.3 Å². The van der Waals surface area contributed by atoms with Gasteiger partial charge in [-0.2, -0.15) is 0 Å². The van der Waals surface area contributed by atoms with Crippen LogP contribution in [-0.4, -0.2) is 23.5 Å². The lowest BCUT2D eigenvalue weighted by atomic mass is 9.67. The van der Waals surface area contributed by atoms with Gasteiger partial charge in [0.25, 0.3) is 0 Å². The molecule has 2 aliphatic rings. The van der Waals surface area contributed by atoms with E-state index in [1.165, 1.54) is 43.0 Å². The van der Waals surface area contributed by atoms with Crippen LogP contribution in [0.25, 0.3) is 0 Å². The summed E-state index contributed by atoms with van der Waals surface area (Å²) in [4.78, 5) is 4.85. The SMILES string of the molecule is CCC1(CN=C2NC(C(C)C)CCS2)CCC1. The molecule has 98 valence electrons. The van der Waals surface area contributed by atoms with Crippen molar-refractivity contribution in [3.05, 3.63) is 0 Å². The molecule has 1 unspecified atom stereocenters. The second-order valence-electron chi connectivity index (χ2n) is 5.96. The maximum atomic E-state index is 4.85. The Balaban J connectivity index is 1.88. The molecule has 1 heterocycles. The monoisotopic (exact) mass is 254 g/mol.